The van der Waals surface area contributed by atoms with Gasteiger partial charge in [0.05, 0.1) is 49.9 Å². The minimum absolute atomic E-state index is 0.0302. The smallest absolute Gasteiger partial charge is 0.421 e. The van der Waals surface area contributed by atoms with Crippen LogP contribution in [0.25, 0.3) is 0 Å². The zero-order valence-corrected chi connectivity index (χ0v) is 24.6. The first-order valence-corrected chi connectivity index (χ1v) is 14.1. The standard InChI is InChI=1S/C30H36F3N5O5/c1-19-5-7-22(8-6-19)28(39)38(20(2)18-41-3)26-10-9-23(16-24(26)29(40)42-4)43-27-25(30(31,32)33)15-21(17-34-27)11-14-37-35-12-13-36-37/h9-10,12-13,15-17,19-20,22H,5-8,11,14,18H2,1-4H3/t19?,20-,22?/m0/s1. The van der Waals surface area contributed by atoms with Crippen molar-refractivity contribution in [2.75, 3.05) is 25.7 Å². The molecule has 3 aromatic rings. The molecule has 1 aromatic carbocycles. The second kappa shape index (κ2) is 14.0. The molecule has 1 aliphatic rings. The molecule has 2 aromatic heterocycles. The summed E-state index contributed by atoms with van der Waals surface area (Å²) in [5.41, 5.74) is -0.517. The van der Waals surface area contributed by atoms with E-state index in [1.54, 1.807) is 0 Å². The van der Waals surface area contributed by atoms with Gasteiger partial charge in [-0.1, -0.05) is 6.92 Å². The summed E-state index contributed by atoms with van der Waals surface area (Å²) < 4.78 is 58.1. The predicted octanol–water partition coefficient (Wildman–Crippen LogP) is 5.71. The molecule has 10 nitrogen and oxygen atoms in total. The van der Waals surface area contributed by atoms with E-state index in [0.717, 1.165) is 31.7 Å². The Kier molecular flexibility index (Phi) is 10.4. The number of aromatic nitrogens is 4. The van der Waals surface area contributed by atoms with E-state index in [1.165, 1.54) is 60.7 Å². The van der Waals surface area contributed by atoms with E-state index in [4.69, 9.17) is 14.2 Å². The summed E-state index contributed by atoms with van der Waals surface area (Å²) in [5.74, 6) is -1.35. The van der Waals surface area contributed by atoms with Gasteiger partial charge >= 0.3 is 12.1 Å². The van der Waals surface area contributed by atoms with Crippen molar-refractivity contribution in [2.45, 2.75) is 64.7 Å². The molecule has 2 heterocycles. The summed E-state index contributed by atoms with van der Waals surface area (Å²) >= 11 is 0. The second-order valence-electron chi connectivity index (χ2n) is 10.8. The number of carbonyl (C=O) groups is 2. The van der Waals surface area contributed by atoms with Gasteiger partial charge in [0, 0.05) is 19.2 Å². The van der Waals surface area contributed by atoms with Gasteiger partial charge in [-0.25, -0.2) is 9.78 Å². The molecule has 13 heteroatoms. The third-order valence-electron chi connectivity index (χ3n) is 7.58. The number of hydrogen-bond donors (Lipinski definition) is 0. The fourth-order valence-electron chi connectivity index (χ4n) is 5.27. The van der Waals surface area contributed by atoms with Crippen molar-refractivity contribution in [3.8, 4) is 11.6 Å². The number of methoxy groups -OCH3 is 2. The number of carbonyl (C=O) groups excluding carboxylic acids is 2. The fourth-order valence-corrected chi connectivity index (χ4v) is 5.27. The van der Waals surface area contributed by atoms with E-state index in [-0.39, 0.29) is 48.4 Å². The largest absolute Gasteiger partial charge is 0.465 e. The highest BCUT2D eigenvalue weighted by molar-refractivity contribution is 6.04. The van der Waals surface area contributed by atoms with E-state index in [9.17, 15) is 22.8 Å². The molecule has 4 rings (SSSR count). The van der Waals surface area contributed by atoms with Gasteiger partial charge in [-0.05, 0) is 74.8 Å². The summed E-state index contributed by atoms with van der Waals surface area (Å²) in [7, 11) is 2.71. The first-order valence-electron chi connectivity index (χ1n) is 14.1. The predicted molar refractivity (Wildman–Crippen MR) is 151 cm³/mol. The molecule has 0 radical (unpaired) electrons. The number of alkyl halides is 3. The molecule has 232 valence electrons. The Bertz CT molecular complexity index is 1390. The van der Waals surface area contributed by atoms with Crippen LogP contribution in [-0.2, 0) is 33.4 Å². The van der Waals surface area contributed by atoms with Crippen molar-refractivity contribution < 1.29 is 37.0 Å². The SMILES string of the molecule is COC[C@H](C)N(C(=O)C1CCC(C)CC1)c1ccc(Oc2ncc(CCn3nccn3)cc2C(F)(F)F)cc1C(=O)OC. The molecule has 1 aliphatic carbocycles. The Labute approximate surface area is 248 Å². The van der Waals surface area contributed by atoms with Crippen LogP contribution >= 0.6 is 0 Å². The molecule has 0 bridgehead atoms. The number of hydrogen-bond acceptors (Lipinski definition) is 8. The van der Waals surface area contributed by atoms with Gasteiger partial charge in [-0.3, -0.25) is 4.79 Å². The van der Waals surface area contributed by atoms with Crippen molar-refractivity contribution in [1.29, 1.82) is 0 Å². The average molecular weight is 604 g/mol. The number of nitrogens with zero attached hydrogens (tertiary/aromatic N) is 5. The lowest BCUT2D eigenvalue weighted by atomic mass is 9.82. The third kappa shape index (κ3) is 7.89. The second-order valence-corrected chi connectivity index (χ2v) is 10.8. The quantitative estimate of drug-likeness (QED) is 0.257. The molecule has 43 heavy (non-hydrogen) atoms. The van der Waals surface area contributed by atoms with Crippen LogP contribution in [0.15, 0.2) is 42.9 Å². The summed E-state index contributed by atoms with van der Waals surface area (Å²) in [6.07, 6.45) is 3.01. The number of pyridine rings is 1. The Morgan fingerprint density at radius 2 is 1.79 bits per heavy atom. The Morgan fingerprint density at radius 1 is 1.09 bits per heavy atom. The van der Waals surface area contributed by atoms with Crippen molar-refractivity contribution >= 4 is 17.6 Å². The van der Waals surface area contributed by atoms with Crippen LogP contribution in [-0.4, -0.2) is 58.7 Å². The van der Waals surface area contributed by atoms with Crippen molar-refractivity contribution in [3.05, 3.63) is 59.5 Å². The zero-order valence-electron chi connectivity index (χ0n) is 24.6. The topological polar surface area (TPSA) is 109 Å². The summed E-state index contributed by atoms with van der Waals surface area (Å²) in [4.78, 5) is 33.6. The van der Waals surface area contributed by atoms with Gasteiger partial charge < -0.3 is 19.1 Å². The minimum atomic E-state index is -4.76. The molecule has 0 aliphatic heterocycles. The first kappa shape index (κ1) is 31.9. The molecule has 1 amide bonds. The fraction of sp³-hybridized carbons (Fsp3) is 0.500. The Morgan fingerprint density at radius 3 is 2.42 bits per heavy atom. The number of rotatable bonds is 11. The summed E-state index contributed by atoms with van der Waals surface area (Å²) in [6.45, 7) is 4.44. The Hall–Kier alpha value is -4.00. The summed E-state index contributed by atoms with van der Waals surface area (Å²) in [6, 6.07) is 4.69. The molecular formula is C30H36F3N5O5. The number of esters is 1. The van der Waals surface area contributed by atoms with E-state index in [1.807, 2.05) is 6.92 Å². The summed E-state index contributed by atoms with van der Waals surface area (Å²) in [5, 5.41) is 7.91. The zero-order chi connectivity index (χ0) is 31.1. The van der Waals surface area contributed by atoms with Crippen LogP contribution < -0.4 is 9.64 Å². The van der Waals surface area contributed by atoms with Crippen LogP contribution in [0.4, 0.5) is 18.9 Å². The maximum Gasteiger partial charge on any atom is 0.421 e. The Balaban J connectivity index is 1.67. The molecule has 1 saturated carbocycles. The maximum absolute atomic E-state index is 14.0. The van der Waals surface area contributed by atoms with E-state index in [0.29, 0.717) is 11.5 Å². The normalized spacial score (nSPS) is 17.7. The highest BCUT2D eigenvalue weighted by Gasteiger charge is 2.37. The molecular weight excluding hydrogens is 567 g/mol. The number of amides is 1. The lowest BCUT2D eigenvalue weighted by Crippen LogP contribution is -2.46. The average Bonchev–Trinajstić information content (AvgIpc) is 3.50. The van der Waals surface area contributed by atoms with Crippen LogP contribution in [0.5, 0.6) is 11.6 Å². The molecule has 0 unspecified atom stereocenters. The highest BCUT2D eigenvalue weighted by Crippen LogP contribution is 2.39. The van der Waals surface area contributed by atoms with Crippen LogP contribution in [0, 0.1) is 11.8 Å². The van der Waals surface area contributed by atoms with Gasteiger partial charge in [-0.15, -0.1) is 0 Å². The monoisotopic (exact) mass is 603 g/mol. The molecule has 0 spiro atoms. The van der Waals surface area contributed by atoms with Gasteiger partial charge in [0.1, 0.15) is 11.3 Å². The lowest BCUT2D eigenvalue weighted by Gasteiger charge is -2.35. The number of ether oxygens (including phenoxy) is 3. The number of aryl methyl sites for hydroxylation is 2. The van der Waals surface area contributed by atoms with Crippen LogP contribution in [0.1, 0.15) is 61.0 Å². The number of halogens is 3. The molecule has 1 atom stereocenters. The van der Waals surface area contributed by atoms with Crippen LogP contribution in [0.2, 0.25) is 0 Å². The van der Waals surface area contributed by atoms with E-state index >= 15 is 0 Å². The van der Waals surface area contributed by atoms with E-state index in [2.05, 4.69) is 22.1 Å². The van der Waals surface area contributed by atoms with Crippen LogP contribution in [0.3, 0.4) is 0 Å². The lowest BCUT2D eigenvalue weighted by molar-refractivity contribution is -0.139. The molecule has 0 saturated heterocycles. The van der Waals surface area contributed by atoms with Crippen molar-refractivity contribution in [3.63, 3.8) is 0 Å². The highest BCUT2D eigenvalue weighted by atomic mass is 19.4. The first-order chi connectivity index (χ1) is 20.5. The number of anilines is 1. The molecule has 1 fully saturated rings. The van der Waals surface area contributed by atoms with Gasteiger partial charge in [-0.2, -0.15) is 28.2 Å². The van der Waals surface area contributed by atoms with E-state index < -0.39 is 29.6 Å². The molecule has 0 N–H and O–H groups in total. The maximum atomic E-state index is 14.0. The van der Waals surface area contributed by atoms with Gasteiger partial charge in [0.15, 0.2) is 0 Å². The van der Waals surface area contributed by atoms with Crippen molar-refractivity contribution in [2.24, 2.45) is 11.8 Å². The number of benzene rings is 1. The third-order valence-corrected chi connectivity index (χ3v) is 7.58. The van der Waals surface area contributed by atoms with Gasteiger partial charge in [0.25, 0.3) is 0 Å². The minimum Gasteiger partial charge on any atom is -0.465 e. The van der Waals surface area contributed by atoms with Gasteiger partial charge in [0.2, 0.25) is 11.8 Å². The van der Waals surface area contributed by atoms with Crippen molar-refractivity contribution in [1.82, 2.24) is 20.0 Å².